The molecule has 0 saturated heterocycles. The Morgan fingerprint density at radius 3 is 2.85 bits per heavy atom. The van der Waals surface area contributed by atoms with E-state index in [0.717, 1.165) is 8.95 Å². The van der Waals surface area contributed by atoms with Crippen LogP contribution in [0.5, 0.6) is 0 Å². The average Bonchev–Trinajstić information content (AvgIpc) is 2.04. The summed E-state index contributed by atoms with van der Waals surface area (Å²) >= 11 is 6.63. The predicted molar refractivity (Wildman–Crippen MR) is 58.5 cm³/mol. The molecule has 1 aromatic rings. The lowest BCUT2D eigenvalue weighted by atomic mass is 10.2. The number of rotatable bonds is 3. The van der Waals surface area contributed by atoms with Gasteiger partial charge in [0.1, 0.15) is 6.10 Å². The molecule has 0 aliphatic carbocycles. The number of pyridine rings is 1. The lowest BCUT2D eigenvalue weighted by Gasteiger charge is -2.10. The molecule has 1 aromatic heterocycles. The number of aliphatic hydroxyl groups excluding tert-OH is 1. The molecular formula is C8H10Br2N2O. The summed E-state index contributed by atoms with van der Waals surface area (Å²) in [5.41, 5.74) is 0.651. The molecule has 0 amide bonds. The molecule has 1 heterocycles. The topological polar surface area (TPSA) is 45.1 Å². The molecule has 0 saturated carbocycles. The molecular weight excluding hydrogens is 300 g/mol. The van der Waals surface area contributed by atoms with Crippen LogP contribution in [0.3, 0.4) is 0 Å². The fourth-order valence-electron chi connectivity index (χ4n) is 0.960. The highest BCUT2D eigenvalue weighted by molar-refractivity contribution is 9.11. The molecule has 13 heavy (non-hydrogen) atoms. The van der Waals surface area contributed by atoms with Crippen molar-refractivity contribution < 1.29 is 5.11 Å². The van der Waals surface area contributed by atoms with Crippen LogP contribution >= 0.6 is 31.9 Å². The smallest absolute Gasteiger partial charge is 0.109 e. The van der Waals surface area contributed by atoms with Crippen molar-refractivity contribution in [1.82, 2.24) is 10.3 Å². The van der Waals surface area contributed by atoms with E-state index in [0.29, 0.717) is 12.2 Å². The maximum Gasteiger partial charge on any atom is 0.109 e. The zero-order chi connectivity index (χ0) is 9.84. The Morgan fingerprint density at radius 2 is 2.31 bits per heavy atom. The summed E-state index contributed by atoms with van der Waals surface area (Å²) in [4.78, 5) is 4.11. The van der Waals surface area contributed by atoms with E-state index in [9.17, 15) is 5.11 Å². The number of nitrogens with one attached hydrogen (secondary N) is 1. The Balaban J connectivity index is 2.88. The van der Waals surface area contributed by atoms with E-state index >= 15 is 0 Å². The van der Waals surface area contributed by atoms with Crippen LogP contribution in [0.25, 0.3) is 0 Å². The van der Waals surface area contributed by atoms with Crippen molar-refractivity contribution in [3.05, 3.63) is 26.9 Å². The molecule has 2 N–H and O–H groups in total. The van der Waals surface area contributed by atoms with Gasteiger partial charge in [0.25, 0.3) is 0 Å². The third-order valence-electron chi connectivity index (χ3n) is 1.55. The summed E-state index contributed by atoms with van der Waals surface area (Å²) in [7, 11) is 1.79. The standard InChI is InChI=1S/C8H10Br2N2O/c1-11-4-7(13)8-6(10)2-5(9)3-12-8/h2-3,7,11,13H,4H2,1H3. The second-order valence-electron chi connectivity index (χ2n) is 2.59. The lowest BCUT2D eigenvalue weighted by molar-refractivity contribution is 0.172. The van der Waals surface area contributed by atoms with Crippen molar-refractivity contribution in [1.29, 1.82) is 0 Å². The Labute approximate surface area is 93.8 Å². The normalized spacial score (nSPS) is 12.9. The third-order valence-corrected chi connectivity index (χ3v) is 2.62. The number of aromatic nitrogens is 1. The van der Waals surface area contributed by atoms with Gasteiger partial charge in [-0.15, -0.1) is 0 Å². The average molecular weight is 310 g/mol. The van der Waals surface area contributed by atoms with Crippen molar-refractivity contribution in [2.45, 2.75) is 6.10 Å². The Hall–Kier alpha value is 0.0300. The number of aliphatic hydroxyl groups is 1. The van der Waals surface area contributed by atoms with Crippen LogP contribution in [0.4, 0.5) is 0 Å². The van der Waals surface area contributed by atoms with E-state index in [-0.39, 0.29) is 0 Å². The molecule has 0 radical (unpaired) electrons. The molecule has 0 aliphatic rings. The van der Waals surface area contributed by atoms with Gasteiger partial charge in [-0.2, -0.15) is 0 Å². The molecule has 0 aromatic carbocycles. The maximum atomic E-state index is 9.62. The molecule has 1 atom stereocenters. The van der Waals surface area contributed by atoms with Gasteiger partial charge in [0.2, 0.25) is 0 Å². The largest absolute Gasteiger partial charge is 0.385 e. The molecule has 1 unspecified atom stereocenters. The molecule has 0 fully saturated rings. The summed E-state index contributed by atoms with van der Waals surface area (Å²) in [5.74, 6) is 0. The SMILES string of the molecule is CNCC(O)c1ncc(Br)cc1Br. The first-order valence-corrected chi connectivity index (χ1v) is 5.37. The first-order chi connectivity index (χ1) is 6.15. The summed E-state index contributed by atoms with van der Waals surface area (Å²) in [6, 6.07) is 1.86. The van der Waals surface area contributed by atoms with E-state index in [4.69, 9.17) is 0 Å². The fourth-order valence-corrected chi connectivity index (χ4v) is 2.21. The summed E-state index contributed by atoms with van der Waals surface area (Å²) in [6.07, 6.45) is 1.09. The monoisotopic (exact) mass is 308 g/mol. The van der Waals surface area contributed by atoms with Gasteiger partial charge in [0.15, 0.2) is 0 Å². The van der Waals surface area contributed by atoms with Gasteiger partial charge in [-0.05, 0) is 45.0 Å². The van der Waals surface area contributed by atoms with Crippen molar-refractivity contribution in [2.75, 3.05) is 13.6 Å². The highest BCUT2D eigenvalue weighted by Gasteiger charge is 2.11. The van der Waals surface area contributed by atoms with Crippen LogP contribution in [0, 0.1) is 0 Å². The quantitative estimate of drug-likeness (QED) is 0.896. The van der Waals surface area contributed by atoms with Gasteiger partial charge in [-0.3, -0.25) is 4.98 Å². The van der Waals surface area contributed by atoms with Gasteiger partial charge in [-0.1, -0.05) is 0 Å². The van der Waals surface area contributed by atoms with Crippen LogP contribution in [0.15, 0.2) is 21.2 Å². The van der Waals surface area contributed by atoms with Gasteiger partial charge in [0.05, 0.1) is 5.69 Å². The molecule has 3 nitrogen and oxygen atoms in total. The number of nitrogens with zero attached hydrogens (tertiary/aromatic N) is 1. The summed E-state index contributed by atoms with van der Waals surface area (Å²) < 4.78 is 1.70. The van der Waals surface area contributed by atoms with Crippen molar-refractivity contribution >= 4 is 31.9 Å². The van der Waals surface area contributed by atoms with Crippen LogP contribution in [0.2, 0.25) is 0 Å². The number of halogens is 2. The number of hydrogen-bond acceptors (Lipinski definition) is 3. The molecule has 1 rings (SSSR count). The minimum Gasteiger partial charge on any atom is -0.385 e. The number of hydrogen-bond donors (Lipinski definition) is 2. The van der Waals surface area contributed by atoms with E-state index in [1.807, 2.05) is 6.07 Å². The van der Waals surface area contributed by atoms with Gasteiger partial charge >= 0.3 is 0 Å². The van der Waals surface area contributed by atoms with Crippen molar-refractivity contribution in [3.63, 3.8) is 0 Å². The van der Waals surface area contributed by atoms with E-state index in [1.165, 1.54) is 0 Å². The van der Waals surface area contributed by atoms with Crippen LogP contribution in [-0.2, 0) is 0 Å². The molecule has 0 spiro atoms. The maximum absolute atomic E-state index is 9.62. The lowest BCUT2D eigenvalue weighted by Crippen LogP contribution is -2.17. The van der Waals surface area contributed by atoms with Gasteiger partial charge in [0, 0.05) is 21.7 Å². The van der Waals surface area contributed by atoms with Gasteiger partial charge in [-0.25, -0.2) is 0 Å². The van der Waals surface area contributed by atoms with E-state index in [1.54, 1.807) is 13.2 Å². The first kappa shape index (κ1) is 11.1. The highest BCUT2D eigenvalue weighted by Crippen LogP contribution is 2.23. The van der Waals surface area contributed by atoms with Crippen molar-refractivity contribution in [3.8, 4) is 0 Å². The fraction of sp³-hybridized carbons (Fsp3) is 0.375. The van der Waals surface area contributed by atoms with Crippen LogP contribution in [0.1, 0.15) is 11.8 Å². The summed E-state index contributed by atoms with van der Waals surface area (Å²) in [6.45, 7) is 0.493. The molecule has 72 valence electrons. The predicted octanol–water partition coefficient (Wildman–Crippen LogP) is 1.86. The second kappa shape index (κ2) is 5.05. The van der Waals surface area contributed by atoms with Crippen molar-refractivity contribution in [2.24, 2.45) is 0 Å². The zero-order valence-electron chi connectivity index (χ0n) is 7.09. The molecule has 0 bridgehead atoms. The Morgan fingerprint density at radius 1 is 1.62 bits per heavy atom. The van der Waals surface area contributed by atoms with E-state index in [2.05, 4.69) is 42.2 Å². The Bertz CT molecular complexity index is 293. The highest BCUT2D eigenvalue weighted by atomic mass is 79.9. The minimum atomic E-state index is -0.576. The molecule has 0 aliphatic heterocycles. The van der Waals surface area contributed by atoms with Gasteiger partial charge < -0.3 is 10.4 Å². The third kappa shape index (κ3) is 3.02. The van der Waals surface area contributed by atoms with Crippen LogP contribution < -0.4 is 5.32 Å². The van der Waals surface area contributed by atoms with Crippen LogP contribution in [-0.4, -0.2) is 23.7 Å². The second-order valence-corrected chi connectivity index (χ2v) is 4.36. The minimum absolute atomic E-state index is 0.493. The first-order valence-electron chi connectivity index (χ1n) is 3.78. The zero-order valence-corrected chi connectivity index (χ0v) is 10.3. The summed E-state index contributed by atoms with van der Waals surface area (Å²) in [5, 5.41) is 12.5. The van der Waals surface area contributed by atoms with E-state index < -0.39 is 6.10 Å². The number of likely N-dealkylation sites (N-methyl/N-ethyl adjacent to an activating group) is 1. The Kier molecular flexibility index (Phi) is 4.31. The molecule has 5 heteroatoms.